The van der Waals surface area contributed by atoms with E-state index in [1.807, 2.05) is 30.0 Å². The Hall–Kier alpha value is -2.21. The molecule has 0 unspecified atom stereocenters. The highest BCUT2D eigenvalue weighted by Crippen LogP contribution is 2.60. The minimum Gasteiger partial charge on any atom is -0.393 e. The van der Waals surface area contributed by atoms with E-state index < -0.39 is 17.8 Å². The number of aliphatic hydroxyl groups excluding tert-OH is 2. The van der Waals surface area contributed by atoms with Gasteiger partial charge >= 0.3 is 0 Å². The van der Waals surface area contributed by atoms with Crippen LogP contribution in [0.15, 0.2) is 65.8 Å². The van der Waals surface area contributed by atoms with Crippen molar-refractivity contribution in [2.24, 2.45) is 23.2 Å². The number of carbonyl (C=O) groups excluding carboxylic acids is 1. The van der Waals surface area contributed by atoms with E-state index in [2.05, 4.69) is 44.7 Å². The average Bonchev–Trinajstić information content (AvgIpc) is 3.42. The third-order valence-corrected chi connectivity index (χ3v) is 11.5. The first-order valence-corrected chi connectivity index (χ1v) is 16.6. The van der Waals surface area contributed by atoms with Gasteiger partial charge in [0, 0.05) is 25.4 Å². The van der Waals surface area contributed by atoms with Crippen molar-refractivity contribution in [2.75, 3.05) is 6.54 Å². The van der Waals surface area contributed by atoms with Crippen molar-refractivity contribution in [1.82, 2.24) is 4.90 Å². The van der Waals surface area contributed by atoms with Crippen molar-refractivity contribution >= 4 is 5.91 Å². The molecule has 3 aliphatic carbocycles. The van der Waals surface area contributed by atoms with E-state index in [0.29, 0.717) is 50.0 Å². The minimum absolute atomic E-state index is 0.0662. The molecule has 1 aliphatic heterocycles. The van der Waals surface area contributed by atoms with Gasteiger partial charge in [-0.2, -0.15) is 0 Å². The van der Waals surface area contributed by atoms with Gasteiger partial charge in [0.2, 0.25) is 0 Å². The summed E-state index contributed by atoms with van der Waals surface area (Å²) in [5, 5.41) is 31.9. The molecule has 1 heterocycles. The van der Waals surface area contributed by atoms with Crippen molar-refractivity contribution in [3.05, 3.63) is 71.3 Å². The number of hydrogen-bond acceptors (Lipinski definition) is 4. The molecule has 5 nitrogen and oxygen atoms in total. The van der Waals surface area contributed by atoms with Crippen molar-refractivity contribution in [1.29, 1.82) is 0 Å². The summed E-state index contributed by atoms with van der Waals surface area (Å²) >= 11 is 0. The van der Waals surface area contributed by atoms with Gasteiger partial charge in [0.1, 0.15) is 5.60 Å². The first-order valence-electron chi connectivity index (χ1n) is 16.6. The van der Waals surface area contributed by atoms with Gasteiger partial charge in [0.05, 0.1) is 12.2 Å². The van der Waals surface area contributed by atoms with Crippen LogP contribution in [0.1, 0.15) is 97.0 Å². The smallest absolute Gasteiger partial charge is 0.254 e. The van der Waals surface area contributed by atoms with Gasteiger partial charge in [0.25, 0.3) is 5.91 Å². The Labute approximate surface area is 253 Å². The Kier molecular flexibility index (Phi) is 9.51. The maximum Gasteiger partial charge on any atom is 0.254 e. The highest BCUT2D eigenvalue weighted by Gasteiger charge is 2.53. The van der Waals surface area contributed by atoms with E-state index in [4.69, 9.17) is 0 Å². The standard InChI is InChI=1S/C37H53NO4/c1-5-18-37(42)24-30(38(35(37)41)20-17-27-10-7-6-8-11-27)21-25(2)32-15-16-33-28(12-9-19-36(32,33)4)13-14-29-22-31(39)23-34(40)26(29)3/h6-8,10-11,13-14,25,30-34,39-40,42H,3,5,9,12,15-24H2,1-2,4H3/b28-13+,29-14-/t25-,30+,31-,32-,33+,34+,36-,37-/m1/s1. The van der Waals surface area contributed by atoms with E-state index in [0.717, 1.165) is 36.8 Å². The number of allylic oxidation sites excluding steroid dienone is 3. The topological polar surface area (TPSA) is 81.0 Å². The molecule has 1 aromatic rings. The maximum atomic E-state index is 13.6. The number of carbonyl (C=O) groups is 1. The fraction of sp³-hybridized carbons (Fsp3) is 0.649. The van der Waals surface area contributed by atoms with Gasteiger partial charge in [-0.05, 0) is 97.7 Å². The number of fused-ring (bicyclic) bond motifs is 1. The Morgan fingerprint density at radius 3 is 2.67 bits per heavy atom. The molecule has 0 radical (unpaired) electrons. The lowest BCUT2D eigenvalue weighted by Crippen LogP contribution is -2.42. The van der Waals surface area contributed by atoms with Crippen LogP contribution in [0, 0.1) is 23.2 Å². The molecular weight excluding hydrogens is 522 g/mol. The Morgan fingerprint density at radius 2 is 1.93 bits per heavy atom. The highest BCUT2D eigenvalue weighted by molar-refractivity contribution is 5.87. The third kappa shape index (κ3) is 6.21. The molecule has 0 bridgehead atoms. The normalized spacial score (nSPS) is 38.0. The lowest BCUT2D eigenvalue weighted by molar-refractivity contribution is -0.144. The van der Waals surface area contributed by atoms with Crippen LogP contribution in [0.5, 0.6) is 0 Å². The predicted molar refractivity (Wildman–Crippen MR) is 169 cm³/mol. The second kappa shape index (κ2) is 12.8. The molecule has 5 rings (SSSR count). The zero-order valence-electron chi connectivity index (χ0n) is 26.1. The summed E-state index contributed by atoms with van der Waals surface area (Å²) in [5.74, 6) is 1.52. The van der Waals surface area contributed by atoms with Crippen LogP contribution in [0.25, 0.3) is 0 Å². The molecule has 0 aromatic heterocycles. The Bertz CT molecular complexity index is 1190. The van der Waals surface area contributed by atoms with Gasteiger partial charge in [0.15, 0.2) is 0 Å². The fourth-order valence-corrected chi connectivity index (χ4v) is 9.30. The first kappa shape index (κ1) is 31.2. The summed E-state index contributed by atoms with van der Waals surface area (Å²) in [7, 11) is 0. The van der Waals surface area contributed by atoms with Crippen molar-refractivity contribution in [2.45, 2.75) is 122 Å². The molecule has 4 aliphatic rings. The van der Waals surface area contributed by atoms with Crippen molar-refractivity contribution < 1.29 is 20.1 Å². The second-order valence-corrected chi connectivity index (χ2v) is 14.3. The van der Waals surface area contributed by atoms with Gasteiger partial charge in [-0.1, -0.05) is 81.8 Å². The third-order valence-electron chi connectivity index (χ3n) is 11.5. The van der Waals surface area contributed by atoms with Crippen LogP contribution in [-0.2, 0) is 11.2 Å². The van der Waals surface area contributed by atoms with Crippen LogP contribution in [0.3, 0.4) is 0 Å². The number of aliphatic hydroxyl groups is 3. The Morgan fingerprint density at radius 1 is 1.17 bits per heavy atom. The van der Waals surface area contributed by atoms with Crippen LogP contribution in [0.2, 0.25) is 0 Å². The summed E-state index contributed by atoms with van der Waals surface area (Å²) < 4.78 is 0. The molecule has 8 atom stereocenters. The Balaban J connectivity index is 1.30. The second-order valence-electron chi connectivity index (χ2n) is 14.3. The molecule has 4 fully saturated rings. The number of nitrogens with zero attached hydrogens (tertiary/aromatic N) is 1. The van der Waals surface area contributed by atoms with Crippen molar-refractivity contribution in [3.8, 4) is 0 Å². The average molecular weight is 576 g/mol. The number of benzene rings is 1. The van der Waals surface area contributed by atoms with E-state index in [1.165, 1.54) is 36.8 Å². The van der Waals surface area contributed by atoms with Gasteiger partial charge in [-0.3, -0.25) is 4.79 Å². The first-order chi connectivity index (χ1) is 20.1. The number of amides is 1. The molecule has 42 heavy (non-hydrogen) atoms. The van der Waals surface area contributed by atoms with Crippen LogP contribution < -0.4 is 0 Å². The molecule has 1 saturated heterocycles. The summed E-state index contributed by atoms with van der Waals surface area (Å²) in [4.78, 5) is 15.6. The molecule has 5 heteroatoms. The van der Waals surface area contributed by atoms with Crippen molar-refractivity contribution in [3.63, 3.8) is 0 Å². The molecule has 3 saturated carbocycles. The van der Waals surface area contributed by atoms with Crippen LogP contribution in [0.4, 0.5) is 0 Å². The van der Waals surface area contributed by atoms with E-state index in [9.17, 15) is 20.1 Å². The number of rotatable bonds is 9. The molecule has 1 aromatic carbocycles. The lowest BCUT2D eigenvalue weighted by atomic mass is 9.60. The number of likely N-dealkylation sites (tertiary alicyclic amines) is 1. The fourth-order valence-electron chi connectivity index (χ4n) is 9.30. The SMILES string of the molecule is C=C1/C(=C\C=C2/CCC[C@]3(C)[C@@H]([C@H](C)C[C@H]4C[C@](O)(CCC)C(=O)N4CCc4ccccc4)CC[C@@H]23)C[C@@H](O)C[C@@H]1O. The predicted octanol–water partition coefficient (Wildman–Crippen LogP) is 6.53. The van der Waals surface area contributed by atoms with Gasteiger partial charge in [-0.25, -0.2) is 0 Å². The largest absolute Gasteiger partial charge is 0.393 e. The van der Waals surface area contributed by atoms with E-state index in [1.54, 1.807) is 0 Å². The number of hydrogen-bond donors (Lipinski definition) is 3. The minimum atomic E-state index is -1.23. The lowest BCUT2D eigenvalue weighted by Gasteiger charge is -2.45. The summed E-state index contributed by atoms with van der Waals surface area (Å²) in [6.45, 7) is 11.7. The van der Waals surface area contributed by atoms with Crippen LogP contribution >= 0.6 is 0 Å². The van der Waals surface area contributed by atoms with E-state index in [-0.39, 0.29) is 17.4 Å². The quantitative estimate of drug-likeness (QED) is 0.313. The summed E-state index contributed by atoms with van der Waals surface area (Å²) in [5.41, 5.74) is 3.46. The molecule has 230 valence electrons. The molecule has 3 N–H and O–H groups in total. The molecule has 0 spiro atoms. The highest BCUT2D eigenvalue weighted by atomic mass is 16.3. The maximum absolute atomic E-state index is 13.6. The summed E-state index contributed by atoms with van der Waals surface area (Å²) in [6.07, 6.45) is 13.7. The zero-order valence-corrected chi connectivity index (χ0v) is 26.1. The van der Waals surface area contributed by atoms with E-state index >= 15 is 0 Å². The molecule has 1 amide bonds. The summed E-state index contributed by atoms with van der Waals surface area (Å²) in [6, 6.07) is 10.4. The molecular formula is C37H53NO4. The zero-order chi connectivity index (χ0) is 30.1. The van der Waals surface area contributed by atoms with Gasteiger partial charge < -0.3 is 20.2 Å². The van der Waals surface area contributed by atoms with Crippen LogP contribution in [-0.4, -0.2) is 56.5 Å². The monoisotopic (exact) mass is 575 g/mol. The van der Waals surface area contributed by atoms with Gasteiger partial charge in [-0.15, -0.1) is 0 Å².